The number of hydrogen-bond donors (Lipinski definition) is 1. The SMILES string of the molecule is CCNC(=O)C(C)N(Cc1cccc(Cl)c1)C(=O)CN(c1ccccc1F)S(=O)(=O)N(C)C. The van der Waals surface area contributed by atoms with E-state index in [0.29, 0.717) is 21.4 Å². The van der Waals surface area contributed by atoms with E-state index in [1.165, 1.54) is 37.2 Å². The van der Waals surface area contributed by atoms with Gasteiger partial charge in [0, 0.05) is 32.2 Å². The standard InChI is InChI=1S/C22H28ClFN4O4S/c1-5-25-22(30)16(2)27(14-17-9-8-10-18(23)13-17)21(29)15-28(33(31,32)26(3)4)20-12-7-6-11-19(20)24/h6-13,16H,5,14-15H2,1-4H3,(H,25,30). The van der Waals surface area contributed by atoms with Crippen molar-refractivity contribution in [2.45, 2.75) is 26.4 Å². The van der Waals surface area contributed by atoms with E-state index in [1.807, 2.05) is 0 Å². The first-order valence-electron chi connectivity index (χ1n) is 10.2. The van der Waals surface area contributed by atoms with Gasteiger partial charge in [-0.2, -0.15) is 12.7 Å². The van der Waals surface area contributed by atoms with Crippen molar-refractivity contribution in [1.29, 1.82) is 0 Å². The number of halogens is 2. The number of benzene rings is 2. The van der Waals surface area contributed by atoms with Crippen molar-refractivity contribution in [1.82, 2.24) is 14.5 Å². The Kier molecular flexibility index (Phi) is 9.21. The second-order valence-corrected chi connectivity index (χ2v) is 9.97. The number of nitrogens with one attached hydrogen (secondary N) is 1. The molecule has 33 heavy (non-hydrogen) atoms. The molecule has 2 aromatic rings. The highest BCUT2D eigenvalue weighted by atomic mass is 35.5. The maximum atomic E-state index is 14.5. The van der Waals surface area contributed by atoms with Crippen LogP contribution in [0.2, 0.25) is 5.02 Å². The van der Waals surface area contributed by atoms with E-state index < -0.39 is 40.4 Å². The summed E-state index contributed by atoms with van der Waals surface area (Å²) in [6.45, 7) is 2.95. The lowest BCUT2D eigenvalue weighted by Gasteiger charge is -2.32. The third kappa shape index (κ3) is 6.66. The van der Waals surface area contributed by atoms with Crippen LogP contribution in [-0.4, -0.2) is 62.7 Å². The maximum absolute atomic E-state index is 14.5. The summed E-state index contributed by atoms with van der Waals surface area (Å²) in [5, 5.41) is 3.11. The van der Waals surface area contributed by atoms with Gasteiger partial charge in [-0.3, -0.25) is 9.59 Å². The van der Waals surface area contributed by atoms with Gasteiger partial charge in [-0.1, -0.05) is 35.9 Å². The Morgan fingerprint density at radius 3 is 2.36 bits per heavy atom. The summed E-state index contributed by atoms with van der Waals surface area (Å²) in [5.41, 5.74) is 0.382. The van der Waals surface area contributed by atoms with Crippen molar-refractivity contribution < 1.29 is 22.4 Å². The Morgan fingerprint density at radius 1 is 1.12 bits per heavy atom. The quantitative estimate of drug-likeness (QED) is 0.545. The number of rotatable bonds is 10. The van der Waals surface area contributed by atoms with Crippen molar-refractivity contribution in [3.63, 3.8) is 0 Å². The third-order valence-electron chi connectivity index (χ3n) is 4.90. The highest BCUT2D eigenvalue weighted by Crippen LogP contribution is 2.24. The fraction of sp³-hybridized carbons (Fsp3) is 0.364. The normalized spacial score (nSPS) is 12.3. The van der Waals surface area contributed by atoms with E-state index in [0.717, 1.165) is 10.4 Å². The molecule has 2 rings (SSSR count). The molecule has 0 fully saturated rings. The van der Waals surface area contributed by atoms with E-state index in [1.54, 1.807) is 38.1 Å². The smallest absolute Gasteiger partial charge is 0.304 e. The van der Waals surface area contributed by atoms with Crippen LogP contribution in [-0.2, 0) is 26.3 Å². The Balaban J connectivity index is 2.47. The van der Waals surface area contributed by atoms with Crippen LogP contribution >= 0.6 is 11.6 Å². The molecule has 0 saturated heterocycles. The molecule has 0 heterocycles. The molecule has 0 aliphatic rings. The fourth-order valence-corrected chi connectivity index (χ4v) is 4.37. The van der Waals surface area contributed by atoms with E-state index in [4.69, 9.17) is 11.6 Å². The molecule has 1 atom stereocenters. The van der Waals surface area contributed by atoms with Crippen LogP contribution < -0.4 is 9.62 Å². The molecule has 0 radical (unpaired) electrons. The minimum Gasteiger partial charge on any atom is -0.355 e. The lowest BCUT2D eigenvalue weighted by atomic mass is 10.1. The maximum Gasteiger partial charge on any atom is 0.304 e. The van der Waals surface area contributed by atoms with Gasteiger partial charge in [0.05, 0.1) is 5.69 Å². The summed E-state index contributed by atoms with van der Waals surface area (Å²) >= 11 is 6.06. The number of amides is 2. The molecule has 8 nitrogen and oxygen atoms in total. The van der Waals surface area contributed by atoms with Crippen molar-refractivity contribution >= 4 is 39.3 Å². The molecule has 0 saturated carbocycles. The van der Waals surface area contributed by atoms with Crippen molar-refractivity contribution in [2.24, 2.45) is 0 Å². The minimum atomic E-state index is -4.22. The first-order valence-corrected chi connectivity index (χ1v) is 12.0. The minimum absolute atomic E-state index is 0.00478. The molecule has 0 bridgehead atoms. The Morgan fingerprint density at radius 2 is 1.79 bits per heavy atom. The van der Waals surface area contributed by atoms with Crippen LogP contribution in [0.3, 0.4) is 0 Å². The number of likely N-dealkylation sites (N-methyl/N-ethyl adjacent to an activating group) is 1. The number of para-hydroxylation sites is 1. The topological polar surface area (TPSA) is 90.0 Å². The largest absolute Gasteiger partial charge is 0.355 e. The number of anilines is 1. The van der Waals surface area contributed by atoms with Gasteiger partial charge in [-0.15, -0.1) is 0 Å². The lowest BCUT2D eigenvalue weighted by Crippen LogP contribution is -2.52. The van der Waals surface area contributed by atoms with Gasteiger partial charge in [0.1, 0.15) is 18.4 Å². The lowest BCUT2D eigenvalue weighted by molar-refractivity contribution is -0.139. The summed E-state index contributed by atoms with van der Waals surface area (Å²) in [6.07, 6.45) is 0. The highest BCUT2D eigenvalue weighted by Gasteiger charge is 2.33. The Hall–Kier alpha value is -2.69. The predicted octanol–water partition coefficient (Wildman–Crippen LogP) is 2.65. The van der Waals surface area contributed by atoms with Crippen LogP contribution in [0.15, 0.2) is 48.5 Å². The van der Waals surface area contributed by atoms with E-state index in [9.17, 15) is 22.4 Å². The molecule has 2 aromatic carbocycles. The van der Waals surface area contributed by atoms with Crippen molar-refractivity contribution in [2.75, 3.05) is 31.5 Å². The molecule has 1 N–H and O–H groups in total. The van der Waals surface area contributed by atoms with Crippen LogP contribution in [0, 0.1) is 5.82 Å². The summed E-state index contributed by atoms with van der Waals surface area (Å²) in [5.74, 6) is -1.88. The van der Waals surface area contributed by atoms with E-state index >= 15 is 0 Å². The predicted molar refractivity (Wildman–Crippen MR) is 127 cm³/mol. The average Bonchev–Trinajstić information content (AvgIpc) is 2.75. The second kappa shape index (κ2) is 11.4. The fourth-order valence-electron chi connectivity index (χ4n) is 3.09. The molecule has 0 aliphatic carbocycles. The molecular formula is C22H28ClFN4O4S. The first-order chi connectivity index (χ1) is 15.5. The third-order valence-corrected chi connectivity index (χ3v) is 6.94. The molecule has 0 aliphatic heterocycles. The molecule has 2 amide bonds. The van der Waals surface area contributed by atoms with Crippen molar-refractivity contribution in [3.8, 4) is 0 Å². The molecule has 180 valence electrons. The second-order valence-electron chi connectivity index (χ2n) is 7.47. The molecule has 11 heteroatoms. The molecule has 1 unspecified atom stereocenters. The first kappa shape index (κ1) is 26.6. The van der Waals surface area contributed by atoms with E-state index in [2.05, 4.69) is 5.32 Å². The molecule has 0 spiro atoms. The van der Waals surface area contributed by atoms with E-state index in [-0.39, 0.29) is 12.2 Å². The van der Waals surface area contributed by atoms with Crippen LogP contribution in [0.4, 0.5) is 10.1 Å². The summed E-state index contributed by atoms with van der Waals surface area (Å²) < 4.78 is 42.1. The summed E-state index contributed by atoms with van der Waals surface area (Å²) in [4.78, 5) is 27.2. The van der Waals surface area contributed by atoms with Gasteiger partial charge < -0.3 is 10.2 Å². The summed E-state index contributed by atoms with van der Waals surface area (Å²) in [7, 11) is -1.65. The zero-order valence-electron chi connectivity index (χ0n) is 19.0. The number of nitrogens with zero attached hydrogens (tertiary/aromatic N) is 3. The van der Waals surface area contributed by atoms with Gasteiger partial charge in [0.15, 0.2) is 0 Å². The zero-order valence-corrected chi connectivity index (χ0v) is 20.5. The number of carbonyl (C=O) groups is 2. The van der Waals surface area contributed by atoms with Gasteiger partial charge in [-0.25, -0.2) is 8.70 Å². The molecular weight excluding hydrogens is 471 g/mol. The van der Waals surface area contributed by atoms with Crippen LogP contribution in [0.25, 0.3) is 0 Å². The van der Waals surface area contributed by atoms with Gasteiger partial charge >= 0.3 is 10.2 Å². The van der Waals surface area contributed by atoms with Gasteiger partial charge in [0.25, 0.3) is 0 Å². The average molecular weight is 499 g/mol. The monoisotopic (exact) mass is 498 g/mol. The zero-order chi connectivity index (χ0) is 24.8. The Bertz CT molecular complexity index is 1100. The van der Waals surface area contributed by atoms with Crippen molar-refractivity contribution in [3.05, 3.63) is 64.9 Å². The number of carbonyl (C=O) groups excluding carboxylic acids is 2. The van der Waals surface area contributed by atoms with Crippen LogP contribution in [0.1, 0.15) is 19.4 Å². The number of hydrogen-bond acceptors (Lipinski definition) is 4. The summed E-state index contributed by atoms with van der Waals surface area (Å²) in [6, 6.07) is 11.1. The molecule has 0 aromatic heterocycles. The van der Waals surface area contributed by atoms with Gasteiger partial charge in [0.2, 0.25) is 11.8 Å². The Labute approximate surface area is 199 Å². The van der Waals surface area contributed by atoms with Crippen LogP contribution in [0.5, 0.6) is 0 Å². The highest BCUT2D eigenvalue weighted by molar-refractivity contribution is 7.90. The van der Waals surface area contributed by atoms with Gasteiger partial charge in [-0.05, 0) is 43.7 Å².